The highest BCUT2D eigenvalue weighted by molar-refractivity contribution is 5.27. The lowest BCUT2D eigenvalue weighted by atomic mass is 9.95. The van der Waals surface area contributed by atoms with Crippen LogP contribution in [0.15, 0.2) is 24.3 Å². The summed E-state index contributed by atoms with van der Waals surface area (Å²) in [4.78, 5) is 4.99. The van der Waals surface area contributed by atoms with Crippen molar-refractivity contribution in [2.45, 2.75) is 57.5 Å². The Morgan fingerprint density at radius 3 is 2.36 bits per heavy atom. The number of unbranched alkanes of at least 4 members (excludes halogenated alkanes) is 1. The van der Waals surface area contributed by atoms with Crippen LogP contribution in [0, 0.1) is 0 Å². The standard InChI is InChI=1S/C22H36N2O/c1-3-4-17-25-22(18-24-15-13-23(2)14-16-24)21-11-9-20(10-12-21)19-7-5-6-8-19/h9-12,19,22H,3-8,13-18H2,1-2H3. The summed E-state index contributed by atoms with van der Waals surface area (Å²) >= 11 is 0. The molecule has 0 radical (unpaired) electrons. The molecule has 1 saturated carbocycles. The van der Waals surface area contributed by atoms with Crippen molar-refractivity contribution in [2.24, 2.45) is 0 Å². The summed E-state index contributed by atoms with van der Waals surface area (Å²) in [5, 5.41) is 0. The van der Waals surface area contributed by atoms with E-state index in [4.69, 9.17) is 4.74 Å². The first-order valence-electron chi connectivity index (χ1n) is 10.4. The van der Waals surface area contributed by atoms with Gasteiger partial charge >= 0.3 is 0 Å². The Bertz CT molecular complexity index is 487. The zero-order chi connectivity index (χ0) is 17.5. The molecule has 1 aliphatic heterocycles. The number of ether oxygens (including phenoxy) is 1. The van der Waals surface area contributed by atoms with E-state index < -0.39 is 0 Å². The highest BCUT2D eigenvalue weighted by atomic mass is 16.5. The van der Waals surface area contributed by atoms with Gasteiger partial charge in [-0.2, -0.15) is 0 Å². The highest BCUT2D eigenvalue weighted by Crippen LogP contribution is 2.34. The van der Waals surface area contributed by atoms with Crippen molar-refractivity contribution in [3.63, 3.8) is 0 Å². The van der Waals surface area contributed by atoms with Gasteiger partial charge in [0.15, 0.2) is 0 Å². The molecule has 0 spiro atoms. The Hall–Kier alpha value is -0.900. The second kappa shape index (κ2) is 9.70. The molecule has 1 heterocycles. The summed E-state index contributed by atoms with van der Waals surface area (Å²) in [5.74, 6) is 0.797. The number of piperazine rings is 1. The third-order valence-corrected chi connectivity index (χ3v) is 5.97. The number of likely N-dealkylation sites (N-methyl/N-ethyl adjacent to an activating group) is 1. The number of nitrogens with zero attached hydrogens (tertiary/aromatic N) is 2. The number of hydrogen-bond donors (Lipinski definition) is 0. The maximum absolute atomic E-state index is 6.31. The molecular formula is C22H36N2O. The van der Waals surface area contributed by atoms with E-state index in [1.165, 1.54) is 56.3 Å². The van der Waals surface area contributed by atoms with Crippen molar-refractivity contribution in [3.8, 4) is 0 Å². The van der Waals surface area contributed by atoms with Crippen LogP contribution in [0.4, 0.5) is 0 Å². The molecule has 1 aromatic rings. The third kappa shape index (κ3) is 5.54. The Labute approximate surface area is 154 Å². The minimum Gasteiger partial charge on any atom is -0.372 e. The fraction of sp³-hybridized carbons (Fsp3) is 0.727. The lowest BCUT2D eigenvalue weighted by molar-refractivity contribution is 0.0132. The molecule has 2 fully saturated rings. The fourth-order valence-corrected chi connectivity index (χ4v) is 4.13. The fourth-order valence-electron chi connectivity index (χ4n) is 4.13. The Morgan fingerprint density at radius 1 is 1.04 bits per heavy atom. The molecule has 3 heteroatoms. The van der Waals surface area contributed by atoms with Crippen molar-refractivity contribution < 1.29 is 4.74 Å². The molecule has 0 aromatic heterocycles. The van der Waals surface area contributed by atoms with Gasteiger partial charge in [-0.1, -0.05) is 50.5 Å². The van der Waals surface area contributed by atoms with Gasteiger partial charge in [0.25, 0.3) is 0 Å². The Balaban J connectivity index is 1.62. The van der Waals surface area contributed by atoms with Crippen LogP contribution in [0.25, 0.3) is 0 Å². The van der Waals surface area contributed by atoms with Crippen LogP contribution in [0.3, 0.4) is 0 Å². The van der Waals surface area contributed by atoms with E-state index >= 15 is 0 Å². The Kier molecular flexibility index (Phi) is 7.33. The van der Waals surface area contributed by atoms with E-state index in [2.05, 4.69) is 48.0 Å². The number of rotatable bonds is 8. The van der Waals surface area contributed by atoms with Crippen molar-refractivity contribution in [3.05, 3.63) is 35.4 Å². The van der Waals surface area contributed by atoms with E-state index in [-0.39, 0.29) is 6.10 Å². The van der Waals surface area contributed by atoms with Crippen LogP contribution in [0.2, 0.25) is 0 Å². The van der Waals surface area contributed by atoms with E-state index in [9.17, 15) is 0 Å². The first-order valence-corrected chi connectivity index (χ1v) is 10.4. The maximum atomic E-state index is 6.31. The molecule has 140 valence electrons. The summed E-state index contributed by atoms with van der Waals surface area (Å²) in [6.07, 6.45) is 8.11. The molecule has 1 aliphatic carbocycles. The quantitative estimate of drug-likeness (QED) is 0.648. The molecule has 1 unspecified atom stereocenters. The van der Waals surface area contributed by atoms with E-state index in [1.807, 2.05) is 0 Å². The average molecular weight is 345 g/mol. The second-order valence-electron chi connectivity index (χ2n) is 7.96. The monoisotopic (exact) mass is 344 g/mol. The van der Waals surface area contributed by atoms with Gasteiger partial charge in [0.05, 0.1) is 6.10 Å². The van der Waals surface area contributed by atoms with Crippen LogP contribution < -0.4 is 0 Å². The zero-order valence-corrected chi connectivity index (χ0v) is 16.3. The van der Waals surface area contributed by atoms with Gasteiger partial charge in [-0.3, -0.25) is 4.90 Å². The lowest BCUT2D eigenvalue weighted by Gasteiger charge is -2.34. The minimum absolute atomic E-state index is 0.215. The van der Waals surface area contributed by atoms with E-state index in [1.54, 1.807) is 0 Å². The van der Waals surface area contributed by atoms with Crippen molar-refractivity contribution in [2.75, 3.05) is 46.4 Å². The maximum Gasteiger partial charge on any atom is 0.0951 e. The van der Waals surface area contributed by atoms with Crippen molar-refractivity contribution in [1.29, 1.82) is 0 Å². The summed E-state index contributed by atoms with van der Waals surface area (Å²) in [7, 11) is 2.22. The zero-order valence-electron chi connectivity index (χ0n) is 16.3. The normalized spacial score (nSPS) is 21.7. The number of hydrogen-bond acceptors (Lipinski definition) is 3. The minimum atomic E-state index is 0.215. The average Bonchev–Trinajstić information content (AvgIpc) is 3.18. The lowest BCUT2D eigenvalue weighted by Crippen LogP contribution is -2.46. The largest absolute Gasteiger partial charge is 0.372 e. The first-order chi connectivity index (χ1) is 12.3. The molecule has 0 N–H and O–H groups in total. The van der Waals surface area contributed by atoms with Crippen LogP contribution in [-0.2, 0) is 4.74 Å². The van der Waals surface area contributed by atoms with Crippen molar-refractivity contribution in [1.82, 2.24) is 9.80 Å². The molecule has 0 amide bonds. The smallest absolute Gasteiger partial charge is 0.0951 e. The van der Waals surface area contributed by atoms with E-state index in [0.717, 1.165) is 38.6 Å². The predicted octanol–water partition coefficient (Wildman–Crippen LogP) is 4.45. The first kappa shape index (κ1) is 18.9. The van der Waals surface area contributed by atoms with Gasteiger partial charge in [0.2, 0.25) is 0 Å². The summed E-state index contributed by atoms with van der Waals surface area (Å²) in [5.41, 5.74) is 2.89. The van der Waals surface area contributed by atoms with Crippen LogP contribution >= 0.6 is 0 Å². The summed E-state index contributed by atoms with van der Waals surface area (Å²) in [6.45, 7) is 8.79. The van der Waals surface area contributed by atoms with Crippen LogP contribution in [0.5, 0.6) is 0 Å². The molecular weight excluding hydrogens is 308 g/mol. The molecule has 3 nitrogen and oxygen atoms in total. The molecule has 3 rings (SSSR count). The highest BCUT2D eigenvalue weighted by Gasteiger charge is 2.21. The Morgan fingerprint density at radius 2 is 1.72 bits per heavy atom. The van der Waals surface area contributed by atoms with E-state index in [0.29, 0.717) is 0 Å². The van der Waals surface area contributed by atoms with Crippen LogP contribution in [-0.4, -0.2) is 56.2 Å². The van der Waals surface area contributed by atoms with Gasteiger partial charge in [-0.25, -0.2) is 0 Å². The van der Waals surface area contributed by atoms with Crippen molar-refractivity contribution >= 4 is 0 Å². The topological polar surface area (TPSA) is 15.7 Å². The van der Waals surface area contributed by atoms with Gasteiger partial charge < -0.3 is 9.64 Å². The van der Waals surface area contributed by atoms with Gasteiger partial charge in [0, 0.05) is 39.3 Å². The molecule has 1 atom stereocenters. The van der Waals surface area contributed by atoms with Gasteiger partial charge in [-0.15, -0.1) is 0 Å². The number of benzene rings is 1. The second-order valence-corrected chi connectivity index (χ2v) is 7.96. The SMILES string of the molecule is CCCCOC(CN1CCN(C)CC1)c1ccc(C2CCCC2)cc1. The van der Waals surface area contributed by atoms with Gasteiger partial charge in [0.1, 0.15) is 0 Å². The summed E-state index contributed by atoms with van der Waals surface area (Å²) < 4.78 is 6.31. The molecule has 2 aliphatic rings. The third-order valence-electron chi connectivity index (χ3n) is 5.97. The molecule has 0 bridgehead atoms. The molecule has 1 saturated heterocycles. The summed E-state index contributed by atoms with van der Waals surface area (Å²) in [6, 6.07) is 9.40. The predicted molar refractivity (Wildman–Crippen MR) is 105 cm³/mol. The van der Waals surface area contributed by atoms with Gasteiger partial charge in [-0.05, 0) is 43.4 Å². The van der Waals surface area contributed by atoms with Crippen LogP contribution in [0.1, 0.15) is 68.6 Å². The molecule has 1 aromatic carbocycles. The molecule has 25 heavy (non-hydrogen) atoms.